The molecule has 1 atom stereocenters. The summed E-state index contributed by atoms with van der Waals surface area (Å²) in [6.07, 6.45) is 2.25. The molecule has 3 aromatic rings. The summed E-state index contributed by atoms with van der Waals surface area (Å²) in [5, 5.41) is 3.55. The van der Waals surface area contributed by atoms with Crippen molar-refractivity contribution < 1.29 is 21.2 Å². The molecular formula is C21H21ClFN3O4S3. The maximum atomic E-state index is 13.5. The fourth-order valence-electron chi connectivity index (χ4n) is 3.78. The number of benzene rings is 2. The van der Waals surface area contributed by atoms with Crippen LogP contribution in [0.5, 0.6) is 0 Å². The molecule has 1 aromatic heterocycles. The summed E-state index contributed by atoms with van der Waals surface area (Å²) in [7, 11) is -7.12. The lowest BCUT2D eigenvalue weighted by molar-refractivity contribution is 0.408. The number of rotatable bonds is 7. The SMILES string of the molecule is CS(=O)(=O)CC1CCCN1S(=O)(=O)c1ccc(Nc2nc(-c3cccc(F)c3)c(Cl)s2)cc1. The fraction of sp³-hybridized carbons (Fsp3) is 0.286. The lowest BCUT2D eigenvalue weighted by Crippen LogP contribution is -2.39. The lowest BCUT2D eigenvalue weighted by atomic mass is 10.2. The quantitative estimate of drug-likeness (QED) is 0.482. The number of sulfone groups is 1. The van der Waals surface area contributed by atoms with Gasteiger partial charge in [-0.05, 0) is 49.2 Å². The summed E-state index contributed by atoms with van der Waals surface area (Å²) >= 11 is 7.46. The van der Waals surface area contributed by atoms with Crippen LogP contribution in [0.25, 0.3) is 11.3 Å². The van der Waals surface area contributed by atoms with E-state index in [1.165, 1.54) is 39.9 Å². The third kappa shape index (κ3) is 5.55. The van der Waals surface area contributed by atoms with Gasteiger partial charge in [-0.2, -0.15) is 4.31 Å². The highest BCUT2D eigenvalue weighted by atomic mass is 35.5. The molecule has 1 fully saturated rings. The van der Waals surface area contributed by atoms with Crippen molar-refractivity contribution in [3.05, 3.63) is 58.7 Å². The molecule has 12 heteroatoms. The van der Waals surface area contributed by atoms with Gasteiger partial charge in [-0.3, -0.25) is 0 Å². The van der Waals surface area contributed by atoms with Gasteiger partial charge in [0.15, 0.2) is 5.13 Å². The largest absolute Gasteiger partial charge is 0.331 e. The Labute approximate surface area is 201 Å². The van der Waals surface area contributed by atoms with Crippen molar-refractivity contribution in [1.82, 2.24) is 9.29 Å². The first kappa shape index (κ1) is 24.1. The van der Waals surface area contributed by atoms with Crippen molar-refractivity contribution >= 4 is 53.6 Å². The molecule has 0 aliphatic carbocycles. The Kier molecular flexibility index (Phi) is 6.79. The van der Waals surface area contributed by atoms with Gasteiger partial charge in [0.2, 0.25) is 10.0 Å². The second-order valence-electron chi connectivity index (χ2n) is 7.81. The molecule has 7 nitrogen and oxygen atoms in total. The molecule has 0 spiro atoms. The molecule has 1 saturated heterocycles. The highest BCUT2D eigenvalue weighted by molar-refractivity contribution is 7.91. The predicted octanol–water partition coefficient (Wildman–Crippen LogP) is 4.54. The van der Waals surface area contributed by atoms with Gasteiger partial charge in [-0.15, -0.1) is 0 Å². The van der Waals surface area contributed by atoms with Gasteiger partial charge < -0.3 is 5.32 Å². The first-order chi connectivity index (χ1) is 15.5. The van der Waals surface area contributed by atoms with E-state index >= 15 is 0 Å². The third-order valence-electron chi connectivity index (χ3n) is 5.21. The van der Waals surface area contributed by atoms with Crippen LogP contribution in [0.15, 0.2) is 53.4 Å². The predicted molar refractivity (Wildman–Crippen MR) is 129 cm³/mol. The van der Waals surface area contributed by atoms with Crippen LogP contribution in [0, 0.1) is 5.82 Å². The van der Waals surface area contributed by atoms with E-state index in [9.17, 15) is 21.2 Å². The average Bonchev–Trinajstić information content (AvgIpc) is 3.33. The number of aromatic nitrogens is 1. The van der Waals surface area contributed by atoms with Crippen LogP contribution < -0.4 is 5.32 Å². The van der Waals surface area contributed by atoms with Crippen LogP contribution in [0.1, 0.15) is 12.8 Å². The zero-order valence-electron chi connectivity index (χ0n) is 17.5. The number of hydrogen-bond donors (Lipinski definition) is 1. The molecule has 0 bridgehead atoms. The molecule has 0 saturated carbocycles. The number of sulfonamides is 1. The van der Waals surface area contributed by atoms with E-state index in [-0.39, 0.29) is 16.5 Å². The van der Waals surface area contributed by atoms with Crippen LogP contribution in [-0.2, 0) is 19.9 Å². The molecule has 1 aliphatic rings. The normalized spacial score (nSPS) is 17.4. The number of nitrogens with one attached hydrogen (secondary N) is 1. The van der Waals surface area contributed by atoms with Crippen molar-refractivity contribution in [3.8, 4) is 11.3 Å². The van der Waals surface area contributed by atoms with Crippen molar-refractivity contribution in [2.75, 3.05) is 23.9 Å². The van der Waals surface area contributed by atoms with Crippen LogP contribution >= 0.6 is 22.9 Å². The minimum atomic E-state index is -3.82. The zero-order chi connectivity index (χ0) is 23.8. The van der Waals surface area contributed by atoms with Crippen molar-refractivity contribution in [3.63, 3.8) is 0 Å². The summed E-state index contributed by atoms with van der Waals surface area (Å²) in [4.78, 5) is 4.51. The number of thiazole rings is 1. The number of anilines is 2. The molecule has 33 heavy (non-hydrogen) atoms. The molecule has 0 amide bonds. The van der Waals surface area contributed by atoms with E-state index in [1.54, 1.807) is 24.3 Å². The van der Waals surface area contributed by atoms with Crippen LogP contribution in [-0.4, -0.2) is 50.7 Å². The van der Waals surface area contributed by atoms with Crippen molar-refractivity contribution in [1.29, 1.82) is 0 Å². The van der Waals surface area contributed by atoms with Gasteiger partial charge in [0, 0.05) is 30.1 Å². The monoisotopic (exact) mass is 529 g/mol. The number of halogens is 2. The average molecular weight is 530 g/mol. The Balaban J connectivity index is 1.51. The molecular weight excluding hydrogens is 509 g/mol. The first-order valence-electron chi connectivity index (χ1n) is 10.0. The molecule has 1 aliphatic heterocycles. The Bertz CT molecular complexity index is 1380. The van der Waals surface area contributed by atoms with Gasteiger partial charge in [0.25, 0.3) is 0 Å². The minimum Gasteiger partial charge on any atom is -0.331 e. The Hall–Kier alpha value is -2.05. The van der Waals surface area contributed by atoms with Crippen LogP contribution in [0.4, 0.5) is 15.2 Å². The van der Waals surface area contributed by atoms with E-state index < -0.39 is 25.9 Å². The highest BCUT2D eigenvalue weighted by Crippen LogP contribution is 2.37. The lowest BCUT2D eigenvalue weighted by Gasteiger charge is -2.23. The summed E-state index contributed by atoms with van der Waals surface area (Å²) in [5.41, 5.74) is 1.60. The number of nitrogens with zero attached hydrogens (tertiary/aromatic N) is 2. The molecule has 2 aromatic carbocycles. The van der Waals surface area contributed by atoms with E-state index in [0.29, 0.717) is 45.8 Å². The van der Waals surface area contributed by atoms with Gasteiger partial charge in [0.05, 0.1) is 10.6 Å². The summed E-state index contributed by atoms with van der Waals surface area (Å²) in [5.74, 6) is -0.579. The summed E-state index contributed by atoms with van der Waals surface area (Å²) < 4.78 is 64.7. The maximum absolute atomic E-state index is 13.5. The Morgan fingerprint density at radius 2 is 1.91 bits per heavy atom. The van der Waals surface area contributed by atoms with Crippen molar-refractivity contribution in [2.45, 2.75) is 23.8 Å². The Morgan fingerprint density at radius 1 is 1.18 bits per heavy atom. The van der Waals surface area contributed by atoms with E-state index in [4.69, 9.17) is 11.6 Å². The molecule has 176 valence electrons. The highest BCUT2D eigenvalue weighted by Gasteiger charge is 2.36. The van der Waals surface area contributed by atoms with E-state index in [2.05, 4.69) is 10.3 Å². The molecule has 1 N–H and O–H groups in total. The van der Waals surface area contributed by atoms with E-state index in [1.807, 2.05) is 0 Å². The van der Waals surface area contributed by atoms with Crippen molar-refractivity contribution in [2.24, 2.45) is 0 Å². The molecule has 2 heterocycles. The molecule has 0 radical (unpaired) electrons. The minimum absolute atomic E-state index is 0.0890. The van der Waals surface area contributed by atoms with Gasteiger partial charge in [0.1, 0.15) is 25.7 Å². The van der Waals surface area contributed by atoms with Gasteiger partial charge >= 0.3 is 0 Å². The molecule has 1 unspecified atom stereocenters. The topological polar surface area (TPSA) is 96.4 Å². The second kappa shape index (κ2) is 9.30. The van der Waals surface area contributed by atoms with Gasteiger partial charge in [-0.25, -0.2) is 26.2 Å². The van der Waals surface area contributed by atoms with Gasteiger partial charge in [-0.1, -0.05) is 35.1 Å². The fourth-order valence-corrected chi connectivity index (χ4v) is 7.72. The summed E-state index contributed by atoms with van der Waals surface area (Å²) in [6, 6.07) is 11.6. The Morgan fingerprint density at radius 3 is 2.58 bits per heavy atom. The number of hydrogen-bond acceptors (Lipinski definition) is 7. The second-order valence-corrected chi connectivity index (χ2v) is 13.5. The van der Waals surface area contributed by atoms with Crippen LogP contribution in [0.2, 0.25) is 4.34 Å². The maximum Gasteiger partial charge on any atom is 0.243 e. The summed E-state index contributed by atoms with van der Waals surface area (Å²) in [6.45, 7) is 0.295. The smallest absolute Gasteiger partial charge is 0.243 e. The third-order valence-corrected chi connectivity index (χ3v) is 9.34. The van der Waals surface area contributed by atoms with E-state index in [0.717, 1.165) is 6.26 Å². The standard InChI is InChI=1S/C21H21ClFN3O4S3/c1-32(27,28)13-17-6-3-11-26(17)33(29,30)18-9-7-16(8-10-18)24-21-25-19(20(22)31-21)14-4-2-5-15(23)12-14/h2,4-5,7-10,12,17H,3,6,11,13H2,1H3,(H,24,25). The first-order valence-corrected chi connectivity index (χ1v) is 14.7. The molecule has 4 rings (SSSR count). The van der Waals surface area contributed by atoms with Crippen LogP contribution in [0.3, 0.4) is 0 Å². The zero-order valence-corrected chi connectivity index (χ0v) is 20.7.